The van der Waals surface area contributed by atoms with Crippen molar-refractivity contribution in [3.8, 4) is 17.2 Å². The Morgan fingerprint density at radius 3 is 3.05 bits per heavy atom. The standard InChI is InChI=1S/C13H14BrN3O2/c1-18-11-6-8(14)2-5-10(11)13-16-12(17-19-13)7-15-9-3-4-9/h2,5-6,9,15H,3-4,7H2,1H3. The van der Waals surface area contributed by atoms with Crippen molar-refractivity contribution in [1.29, 1.82) is 0 Å². The SMILES string of the molecule is COc1cc(Br)ccc1-c1nc(CNC2CC2)no1. The van der Waals surface area contributed by atoms with Gasteiger partial charge in [-0.25, -0.2) is 0 Å². The van der Waals surface area contributed by atoms with Crippen LogP contribution in [0.2, 0.25) is 0 Å². The molecule has 1 aliphatic rings. The maximum atomic E-state index is 5.32. The van der Waals surface area contributed by atoms with Crippen molar-refractivity contribution in [2.45, 2.75) is 25.4 Å². The Kier molecular flexibility index (Phi) is 3.52. The van der Waals surface area contributed by atoms with Crippen LogP contribution in [0.25, 0.3) is 11.5 Å². The van der Waals surface area contributed by atoms with E-state index in [1.165, 1.54) is 12.8 Å². The zero-order chi connectivity index (χ0) is 13.2. The number of halogens is 1. The quantitative estimate of drug-likeness (QED) is 0.916. The van der Waals surface area contributed by atoms with Gasteiger partial charge in [0.2, 0.25) is 0 Å². The molecule has 19 heavy (non-hydrogen) atoms. The Morgan fingerprint density at radius 1 is 1.47 bits per heavy atom. The summed E-state index contributed by atoms with van der Waals surface area (Å²) in [6, 6.07) is 6.32. The van der Waals surface area contributed by atoms with Crippen LogP contribution in [0.15, 0.2) is 27.2 Å². The van der Waals surface area contributed by atoms with Crippen LogP contribution < -0.4 is 10.1 Å². The molecule has 0 atom stereocenters. The van der Waals surface area contributed by atoms with E-state index in [0.29, 0.717) is 30.1 Å². The second kappa shape index (κ2) is 5.30. The molecule has 0 aliphatic heterocycles. The molecular formula is C13H14BrN3O2. The van der Waals surface area contributed by atoms with Crippen LogP contribution in [0.4, 0.5) is 0 Å². The third-order valence-electron chi connectivity index (χ3n) is 2.99. The van der Waals surface area contributed by atoms with Crippen LogP contribution >= 0.6 is 15.9 Å². The van der Waals surface area contributed by atoms with E-state index in [4.69, 9.17) is 9.26 Å². The molecule has 1 saturated carbocycles. The number of aromatic nitrogens is 2. The Hall–Kier alpha value is -1.40. The predicted octanol–water partition coefficient (Wildman–Crippen LogP) is 2.76. The summed E-state index contributed by atoms with van der Waals surface area (Å²) in [7, 11) is 1.62. The highest BCUT2D eigenvalue weighted by atomic mass is 79.9. The first kappa shape index (κ1) is 12.6. The summed E-state index contributed by atoms with van der Waals surface area (Å²) in [5.41, 5.74) is 0.802. The van der Waals surface area contributed by atoms with Gasteiger partial charge in [0, 0.05) is 10.5 Å². The maximum Gasteiger partial charge on any atom is 0.261 e. The van der Waals surface area contributed by atoms with Crippen LogP contribution in [0.5, 0.6) is 5.75 Å². The van der Waals surface area contributed by atoms with E-state index in [2.05, 4.69) is 31.4 Å². The van der Waals surface area contributed by atoms with Gasteiger partial charge in [0.05, 0.1) is 19.2 Å². The van der Waals surface area contributed by atoms with Crippen molar-refractivity contribution in [3.63, 3.8) is 0 Å². The van der Waals surface area contributed by atoms with E-state index in [1.54, 1.807) is 7.11 Å². The largest absolute Gasteiger partial charge is 0.496 e. The van der Waals surface area contributed by atoms with E-state index in [0.717, 1.165) is 10.0 Å². The third kappa shape index (κ3) is 2.96. The number of nitrogens with one attached hydrogen (secondary N) is 1. The summed E-state index contributed by atoms with van der Waals surface area (Å²) in [5, 5.41) is 7.33. The molecule has 1 fully saturated rings. The van der Waals surface area contributed by atoms with Gasteiger partial charge < -0.3 is 14.6 Å². The first-order chi connectivity index (χ1) is 9.26. The molecule has 1 N–H and O–H groups in total. The Balaban J connectivity index is 1.80. The predicted molar refractivity (Wildman–Crippen MR) is 73.8 cm³/mol. The molecule has 5 nitrogen and oxygen atoms in total. The second-order valence-corrected chi connectivity index (χ2v) is 5.43. The lowest BCUT2D eigenvalue weighted by molar-refractivity contribution is 0.401. The smallest absolute Gasteiger partial charge is 0.261 e. The van der Waals surface area contributed by atoms with Crippen LogP contribution in [0, 0.1) is 0 Å². The number of rotatable bonds is 5. The molecule has 0 amide bonds. The Bertz CT molecular complexity index is 581. The molecule has 0 unspecified atom stereocenters. The van der Waals surface area contributed by atoms with Crippen molar-refractivity contribution in [2.75, 3.05) is 7.11 Å². The molecular weight excluding hydrogens is 310 g/mol. The number of methoxy groups -OCH3 is 1. The van der Waals surface area contributed by atoms with Crippen LogP contribution in [0.3, 0.4) is 0 Å². The first-order valence-electron chi connectivity index (χ1n) is 6.16. The minimum Gasteiger partial charge on any atom is -0.496 e. The van der Waals surface area contributed by atoms with Gasteiger partial charge in [-0.05, 0) is 31.0 Å². The molecule has 0 bridgehead atoms. The molecule has 0 radical (unpaired) electrons. The zero-order valence-corrected chi connectivity index (χ0v) is 12.1. The number of hydrogen-bond donors (Lipinski definition) is 1. The zero-order valence-electron chi connectivity index (χ0n) is 10.5. The summed E-state index contributed by atoms with van der Waals surface area (Å²) in [6.07, 6.45) is 2.48. The molecule has 6 heteroatoms. The van der Waals surface area contributed by atoms with Crippen LogP contribution in [-0.2, 0) is 6.54 Å². The highest BCUT2D eigenvalue weighted by Gasteiger charge is 2.21. The van der Waals surface area contributed by atoms with Gasteiger partial charge in [-0.15, -0.1) is 0 Å². The average Bonchev–Trinajstić information content (AvgIpc) is 3.14. The highest BCUT2D eigenvalue weighted by Crippen LogP contribution is 2.31. The van der Waals surface area contributed by atoms with Gasteiger partial charge in [-0.2, -0.15) is 4.98 Å². The molecule has 3 rings (SSSR count). The van der Waals surface area contributed by atoms with Gasteiger partial charge >= 0.3 is 0 Å². The molecule has 100 valence electrons. The lowest BCUT2D eigenvalue weighted by Crippen LogP contribution is -2.16. The van der Waals surface area contributed by atoms with Gasteiger partial charge in [-0.3, -0.25) is 0 Å². The van der Waals surface area contributed by atoms with Gasteiger partial charge in [-0.1, -0.05) is 21.1 Å². The van der Waals surface area contributed by atoms with E-state index in [-0.39, 0.29) is 0 Å². The Labute approximate surface area is 119 Å². The minimum atomic E-state index is 0.483. The van der Waals surface area contributed by atoms with Crippen LogP contribution in [0.1, 0.15) is 18.7 Å². The molecule has 1 aromatic carbocycles. The maximum absolute atomic E-state index is 5.32. The second-order valence-electron chi connectivity index (χ2n) is 4.52. The summed E-state index contributed by atoms with van der Waals surface area (Å²) < 4.78 is 11.6. The fourth-order valence-corrected chi connectivity index (χ4v) is 2.14. The monoisotopic (exact) mass is 323 g/mol. The van der Waals surface area contributed by atoms with E-state index in [1.807, 2.05) is 18.2 Å². The fraction of sp³-hybridized carbons (Fsp3) is 0.385. The topological polar surface area (TPSA) is 60.2 Å². The van der Waals surface area contributed by atoms with E-state index in [9.17, 15) is 0 Å². The van der Waals surface area contributed by atoms with Crippen LogP contribution in [-0.4, -0.2) is 23.3 Å². The number of nitrogens with zero attached hydrogens (tertiary/aromatic N) is 2. The molecule has 2 aromatic rings. The minimum absolute atomic E-state index is 0.483. The molecule has 1 aliphatic carbocycles. The normalized spacial score (nSPS) is 14.6. The Morgan fingerprint density at radius 2 is 2.32 bits per heavy atom. The lowest BCUT2D eigenvalue weighted by atomic mass is 10.2. The first-order valence-corrected chi connectivity index (χ1v) is 6.95. The van der Waals surface area contributed by atoms with Crippen molar-refractivity contribution < 1.29 is 9.26 Å². The summed E-state index contributed by atoms with van der Waals surface area (Å²) in [6.45, 7) is 0.646. The van der Waals surface area contributed by atoms with Gasteiger partial charge in [0.15, 0.2) is 5.82 Å². The summed E-state index contributed by atoms with van der Waals surface area (Å²) in [5.74, 6) is 1.86. The summed E-state index contributed by atoms with van der Waals surface area (Å²) >= 11 is 3.41. The highest BCUT2D eigenvalue weighted by molar-refractivity contribution is 9.10. The third-order valence-corrected chi connectivity index (χ3v) is 3.48. The van der Waals surface area contributed by atoms with Crippen molar-refractivity contribution in [1.82, 2.24) is 15.5 Å². The lowest BCUT2D eigenvalue weighted by Gasteiger charge is -2.04. The number of benzene rings is 1. The van der Waals surface area contributed by atoms with E-state index < -0.39 is 0 Å². The average molecular weight is 324 g/mol. The molecule has 0 saturated heterocycles. The fourth-order valence-electron chi connectivity index (χ4n) is 1.80. The van der Waals surface area contributed by atoms with Crippen molar-refractivity contribution in [2.24, 2.45) is 0 Å². The van der Waals surface area contributed by atoms with Crippen molar-refractivity contribution in [3.05, 3.63) is 28.5 Å². The summed E-state index contributed by atoms with van der Waals surface area (Å²) in [4.78, 5) is 4.38. The number of ether oxygens (including phenoxy) is 1. The van der Waals surface area contributed by atoms with Crippen molar-refractivity contribution >= 4 is 15.9 Å². The van der Waals surface area contributed by atoms with Gasteiger partial charge in [0.1, 0.15) is 5.75 Å². The van der Waals surface area contributed by atoms with Gasteiger partial charge in [0.25, 0.3) is 5.89 Å². The molecule has 1 heterocycles. The molecule has 0 spiro atoms. The van der Waals surface area contributed by atoms with E-state index >= 15 is 0 Å². The number of hydrogen-bond acceptors (Lipinski definition) is 5. The molecule has 1 aromatic heterocycles.